The number of nitrogens with zero attached hydrogens (tertiary/aromatic N) is 2. The summed E-state index contributed by atoms with van der Waals surface area (Å²) in [4.78, 5) is 6.84. The van der Waals surface area contributed by atoms with Gasteiger partial charge in [-0.25, -0.2) is 9.38 Å². The van der Waals surface area contributed by atoms with Crippen molar-refractivity contribution in [3.8, 4) is 0 Å². The third-order valence-electron chi connectivity index (χ3n) is 4.00. The summed E-state index contributed by atoms with van der Waals surface area (Å²) in [7, 11) is 4.13. The van der Waals surface area contributed by atoms with Crippen LogP contribution in [0.3, 0.4) is 0 Å². The molecule has 0 heterocycles. The Labute approximate surface area is 156 Å². The Bertz CT molecular complexity index is 713. The minimum atomic E-state index is -0.158. The molecule has 0 bridgehead atoms. The summed E-state index contributed by atoms with van der Waals surface area (Å²) in [5.74, 6) is 0.595. The number of benzene rings is 2. The van der Waals surface area contributed by atoms with Crippen LogP contribution in [0.15, 0.2) is 53.5 Å². The van der Waals surface area contributed by atoms with Crippen LogP contribution in [-0.4, -0.2) is 38.0 Å². The molecule has 140 valence electrons. The highest BCUT2D eigenvalue weighted by Crippen LogP contribution is 2.12. The van der Waals surface area contributed by atoms with Crippen LogP contribution in [0.1, 0.15) is 23.6 Å². The average molecular weight is 356 g/mol. The molecule has 0 fully saturated rings. The molecule has 0 aliphatic rings. The topological polar surface area (TPSA) is 39.7 Å². The van der Waals surface area contributed by atoms with Gasteiger partial charge in [0.05, 0.1) is 6.54 Å². The zero-order valence-corrected chi connectivity index (χ0v) is 15.9. The fourth-order valence-electron chi connectivity index (χ4n) is 2.73. The summed E-state index contributed by atoms with van der Waals surface area (Å²) in [5.41, 5.74) is 3.21. The van der Waals surface area contributed by atoms with Crippen molar-refractivity contribution in [2.45, 2.75) is 26.4 Å². The van der Waals surface area contributed by atoms with Gasteiger partial charge in [0.15, 0.2) is 5.96 Å². The van der Waals surface area contributed by atoms with E-state index in [9.17, 15) is 4.39 Å². The fraction of sp³-hybridized carbons (Fsp3) is 0.381. The molecule has 4 nitrogen and oxygen atoms in total. The Balaban J connectivity index is 1.97. The van der Waals surface area contributed by atoms with Crippen molar-refractivity contribution < 1.29 is 4.39 Å². The van der Waals surface area contributed by atoms with E-state index in [-0.39, 0.29) is 5.82 Å². The molecule has 0 unspecified atom stereocenters. The van der Waals surface area contributed by atoms with Gasteiger partial charge in [-0.2, -0.15) is 0 Å². The number of nitrogens with one attached hydrogen (secondary N) is 2. The average Bonchev–Trinajstić information content (AvgIpc) is 2.62. The van der Waals surface area contributed by atoms with E-state index in [0.29, 0.717) is 25.1 Å². The monoisotopic (exact) mass is 356 g/mol. The third kappa shape index (κ3) is 6.48. The van der Waals surface area contributed by atoms with Crippen LogP contribution in [0.25, 0.3) is 0 Å². The van der Waals surface area contributed by atoms with Crippen LogP contribution in [0.5, 0.6) is 0 Å². The predicted octanol–water partition coefficient (Wildman–Crippen LogP) is 3.19. The molecule has 0 saturated heterocycles. The van der Waals surface area contributed by atoms with Crippen molar-refractivity contribution in [1.82, 2.24) is 15.5 Å². The standard InChI is InChI=1S/C21H29FN4/c1-4-23-21(24-14-13-17-9-7-8-12-20(17)22)25-15-18-10-5-6-11-19(18)16-26(2)3/h5-12H,4,13-16H2,1-3H3,(H2,23,24,25). The van der Waals surface area contributed by atoms with E-state index in [1.165, 1.54) is 17.2 Å². The van der Waals surface area contributed by atoms with Crippen molar-refractivity contribution in [3.63, 3.8) is 0 Å². The first-order chi connectivity index (χ1) is 12.6. The Morgan fingerprint density at radius 2 is 1.62 bits per heavy atom. The van der Waals surface area contributed by atoms with E-state index >= 15 is 0 Å². The summed E-state index contributed by atoms with van der Waals surface area (Å²) in [6, 6.07) is 15.2. The van der Waals surface area contributed by atoms with Crippen LogP contribution in [0, 0.1) is 5.82 Å². The SMILES string of the molecule is CCNC(=NCc1ccccc1CN(C)C)NCCc1ccccc1F. The molecule has 0 amide bonds. The predicted molar refractivity (Wildman–Crippen MR) is 107 cm³/mol. The summed E-state index contributed by atoms with van der Waals surface area (Å²) in [5, 5.41) is 6.54. The molecule has 2 aromatic carbocycles. The first kappa shape index (κ1) is 19.9. The van der Waals surface area contributed by atoms with Crippen LogP contribution in [0.2, 0.25) is 0 Å². The van der Waals surface area contributed by atoms with Gasteiger partial charge in [0.2, 0.25) is 0 Å². The minimum absolute atomic E-state index is 0.158. The molecule has 5 heteroatoms. The van der Waals surface area contributed by atoms with Crippen LogP contribution >= 0.6 is 0 Å². The highest BCUT2D eigenvalue weighted by Gasteiger charge is 2.05. The molecule has 0 aliphatic heterocycles. The van der Waals surface area contributed by atoms with Crippen molar-refractivity contribution in [1.29, 1.82) is 0 Å². The molecule has 2 N–H and O–H groups in total. The molecule has 2 aromatic rings. The zero-order valence-electron chi connectivity index (χ0n) is 15.9. The largest absolute Gasteiger partial charge is 0.357 e. The Kier molecular flexibility index (Phi) is 8.09. The van der Waals surface area contributed by atoms with Gasteiger partial charge < -0.3 is 15.5 Å². The van der Waals surface area contributed by atoms with E-state index in [2.05, 4.69) is 52.8 Å². The molecule has 26 heavy (non-hydrogen) atoms. The van der Waals surface area contributed by atoms with E-state index < -0.39 is 0 Å². The van der Waals surface area contributed by atoms with Gasteiger partial charge in [0.25, 0.3) is 0 Å². The number of rotatable bonds is 8. The summed E-state index contributed by atoms with van der Waals surface area (Å²) < 4.78 is 13.7. The second-order valence-electron chi connectivity index (χ2n) is 6.47. The van der Waals surface area contributed by atoms with Gasteiger partial charge in [-0.3, -0.25) is 0 Å². The van der Waals surface area contributed by atoms with Crippen molar-refractivity contribution >= 4 is 5.96 Å². The highest BCUT2D eigenvalue weighted by atomic mass is 19.1. The van der Waals surface area contributed by atoms with E-state index in [0.717, 1.165) is 19.0 Å². The number of hydrogen-bond acceptors (Lipinski definition) is 2. The van der Waals surface area contributed by atoms with Crippen LogP contribution in [0.4, 0.5) is 4.39 Å². The molecule has 0 radical (unpaired) electrons. The van der Waals surface area contributed by atoms with Crippen molar-refractivity contribution in [3.05, 3.63) is 71.0 Å². The lowest BCUT2D eigenvalue weighted by Crippen LogP contribution is -2.38. The molecular weight excluding hydrogens is 327 g/mol. The molecule has 0 aromatic heterocycles. The number of halogens is 1. The molecule has 0 spiro atoms. The van der Waals surface area contributed by atoms with Gasteiger partial charge >= 0.3 is 0 Å². The maximum atomic E-state index is 13.7. The minimum Gasteiger partial charge on any atom is -0.357 e. The van der Waals surface area contributed by atoms with Gasteiger partial charge in [-0.1, -0.05) is 42.5 Å². The quantitative estimate of drug-likeness (QED) is 0.564. The summed E-state index contributed by atoms with van der Waals surface area (Å²) in [6.45, 7) is 4.95. The lowest BCUT2D eigenvalue weighted by molar-refractivity contribution is 0.401. The first-order valence-electron chi connectivity index (χ1n) is 9.07. The second kappa shape index (κ2) is 10.6. The molecule has 0 aliphatic carbocycles. The third-order valence-corrected chi connectivity index (χ3v) is 4.00. The Morgan fingerprint density at radius 1 is 0.962 bits per heavy atom. The fourth-order valence-corrected chi connectivity index (χ4v) is 2.73. The lowest BCUT2D eigenvalue weighted by Gasteiger charge is -2.14. The summed E-state index contributed by atoms with van der Waals surface area (Å²) >= 11 is 0. The zero-order chi connectivity index (χ0) is 18.8. The van der Waals surface area contributed by atoms with E-state index in [1.54, 1.807) is 6.07 Å². The van der Waals surface area contributed by atoms with Crippen molar-refractivity contribution in [2.75, 3.05) is 27.2 Å². The summed E-state index contributed by atoms with van der Waals surface area (Å²) in [6.07, 6.45) is 0.619. The van der Waals surface area contributed by atoms with Gasteiger partial charge in [0, 0.05) is 19.6 Å². The van der Waals surface area contributed by atoms with Gasteiger partial charge in [0.1, 0.15) is 5.82 Å². The maximum absolute atomic E-state index is 13.7. The number of guanidine groups is 1. The maximum Gasteiger partial charge on any atom is 0.191 e. The molecule has 0 atom stereocenters. The molecule has 2 rings (SSSR count). The number of aliphatic imine (C=N–C) groups is 1. The van der Waals surface area contributed by atoms with E-state index in [1.807, 2.05) is 25.1 Å². The molecule has 0 saturated carbocycles. The Morgan fingerprint density at radius 3 is 2.27 bits per heavy atom. The Hall–Kier alpha value is -2.40. The van der Waals surface area contributed by atoms with Gasteiger partial charge in [-0.05, 0) is 50.2 Å². The van der Waals surface area contributed by atoms with Crippen LogP contribution < -0.4 is 10.6 Å². The first-order valence-corrected chi connectivity index (χ1v) is 9.07. The molecular formula is C21H29FN4. The second-order valence-corrected chi connectivity index (χ2v) is 6.47. The smallest absolute Gasteiger partial charge is 0.191 e. The van der Waals surface area contributed by atoms with Gasteiger partial charge in [-0.15, -0.1) is 0 Å². The van der Waals surface area contributed by atoms with Crippen LogP contribution in [-0.2, 0) is 19.5 Å². The van der Waals surface area contributed by atoms with E-state index in [4.69, 9.17) is 0 Å². The van der Waals surface area contributed by atoms with Crippen molar-refractivity contribution in [2.24, 2.45) is 4.99 Å². The lowest BCUT2D eigenvalue weighted by atomic mass is 10.1. The normalized spacial score (nSPS) is 11.7. The number of hydrogen-bond donors (Lipinski definition) is 2. The highest BCUT2D eigenvalue weighted by molar-refractivity contribution is 5.79.